The SMILES string of the molecule is CC(C)Oc1ccc(-c2nc(N3CCCc4cc(CNC(C)C(=O)O)ccc43)no2)cc1Cl. The van der Waals surface area contributed by atoms with Crippen molar-refractivity contribution in [3.8, 4) is 17.2 Å². The minimum Gasteiger partial charge on any atom is -0.489 e. The number of ether oxygens (including phenoxy) is 1. The number of aliphatic carboxylic acids is 1. The van der Waals surface area contributed by atoms with Crippen LogP contribution in [0, 0.1) is 0 Å². The number of anilines is 2. The molecule has 174 valence electrons. The van der Waals surface area contributed by atoms with Gasteiger partial charge in [-0.3, -0.25) is 4.79 Å². The standard InChI is InChI=1S/C24H27ClN4O4/c1-14(2)32-21-9-7-18(12-19(21)25)22-27-24(28-33-22)29-10-4-5-17-11-16(6-8-20(17)29)13-26-15(3)23(30)31/h6-9,11-12,14-15,26H,4-5,10,13H2,1-3H3,(H,30,31). The van der Waals surface area contributed by atoms with Crippen LogP contribution in [0.3, 0.4) is 0 Å². The fourth-order valence-corrected chi connectivity index (χ4v) is 3.98. The molecule has 2 N–H and O–H groups in total. The number of hydrogen-bond donors (Lipinski definition) is 2. The number of fused-ring (bicyclic) bond motifs is 1. The molecule has 0 aliphatic carbocycles. The maximum atomic E-state index is 11.0. The van der Waals surface area contributed by atoms with Crippen LogP contribution in [-0.4, -0.2) is 39.9 Å². The highest BCUT2D eigenvalue weighted by Crippen LogP contribution is 2.35. The number of carboxylic acids is 1. The van der Waals surface area contributed by atoms with Crippen LogP contribution in [0.15, 0.2) is 40.9 Å². The minimum absolute atomic E-state index is 0.0272. The summed E-state index contributed by atoms with van der Waals surface area (Å²) in [6.45, 7) is 6.79. The quantitative estimate of drug-likeness (QED) is 0.483. The molecule has 33 heavy (non-hydrogen) atoms. The highest BCUT2D eigenvalue weighted by molar-refractivity contribution is 6.32. The average molecular weight is 471 g/mol. The fraction of sp³-hybridized carbons (Fsp3) is 0.375. The summed E-state index contributed by atoms with van der Waals surface area (Å²) in [5, 5.41) is 16.8. The van der Waals surface area contributed by atoms with E-state index in [-0.39, 0.29) is 6.10 Å². The molecule has 1 aliphatic rings. The van der Waals surface area contributed by atoms with E-state index in [0.29, 0.717) is 29.2 Å². The Labute approximate surface area is 197 Å². The smallest absolute Gasteiger partial charge is 0.320 e. The number of aryl methyl sites for hydroxylation is 1. The van der Waals surface area contributed by atoms with Gasteiger partial charge in [0.25, 0.3) is 11.8 Å². The van der Waals surface area contributed by atoms with Gasteiger partial charge in [0.05, 0.1) is 11.1 Å². The van der Waals surface area contributed by atoms with Crippen LogP contribution in [0.5, 0.6) is 5.75 Å². The molecule has 0 bridgehead atoms. The molecule has 4 rings (SSSR count). The van der Waals surface area contributed by atoms with Crippen molar-refractivity contribution in [2.75, 3.05) is 11.4 Å². The maximum absolute atomic E-state index is 11.0. The second-order valence-electron chi connectivity index (χ2n) is 8.37. The zero-order valence-electron chi connectivity index (χ0n) is 18.8. The van der Waals surface area contributed by atoms with Crippen molar-refractivity contribution >= 4 is 29.2 Å². The van der Waals surface area contributed by atoms with Gasteiger partial charge in [0.2, 0.25) is 0 Å². The molecule has 0 fully saturated rings. The van der Waals surface area contributed by atoms with Crippen molar-refractivity contribution in [1.29, 1.82) is 0 Å². The second kappa shape index (κ2) is 9.80. The number of carboxylic acid groups (broad SMARTS) is 1. The van der Waals surface area contributed by atoms with Crippen molar-refractivity contribution in [3.05, 3.63) is 52.5 Å². The molecular formula is C24H27ClN4O4. The van der Waals surface area contributed by atoms with Gasteiger partial charge in [0.15, 0.2) is 0 Å². The van der Waals surface area contributed by atoms with Crippen LogP contribution < -0.4 is 15.0 Å². The Balaban J connectivity index is 1.52. The van der Waals surface area contributed by atoms with E-state index in [4.69, 9.17) is 26.0 Å². The summed E-state index contributed by atoms with van der Waals surface area (Å²) >= 11 is 6.36. The molecule has 1 aromatic heterocycles. The second-order valence-corrected chi connectivity index (χ2v) is 8.78. The third-order valence-corrected chi connectivity index (χ3v) is 5.74. The van der Waals surface area contributed by atoms with Crippen LogP contribution in [-0.2, 0) is 17.8 Å². The zero-order valence-corrected chi connectivity index (χ0v) is 19.6. The van der Waals surface area contributed by atoms with Crippen molar-refractivity contribution in [2.45, 2.75) is 52.3 Å². The van der Waals surface area contributed by atoms with E-state index in [2.05, 4.69) is 21.5 Å². The highest BCUT2D eigenvalue weighted by atomic mass is 35.5. The first-order chi connectivity index (χ1) is 15.8. The van der Waals surface area contributed by atoms with Crippen LogP contribution in [0.2, 0.25) is 5.02 Å². The number of halogens is 1. The molecule has 1 unspecified atom stereocenters. The number of aromatic nitrogens is 2. The minimum atomic E-state index is -0.865. The molecule has 0 spiro atoms. The summed E-state index contributed by atoms with van der Waals surface area (Å²) in [6, 6.07) is 10.9. The molecule has 2 aromatic carbocycles. The third-order valence-electron chi connectivity index (χ3n) is 5.44. The van der Waals surface area contributed by atoms with Gasteiger partial charge in [0.1, 0.15) is 11.8 Å². The van der Waals surface area contributed by atoms with E-state index in [9.17, 15) is 4.79 Å². The van der Waals surface area contributed by atoms with E-state index in [0.717, 1.165) is 36.2 Å². The molecule has 1 atom stereocenters. The molecule has 8 nitrogen and oxygen atoms in total. The summed E-state index contributed by atoms with van der Waals surface area (Å²) in [5.41, 5.74) is 3.97. The monoisotopic (exact) mass is 470 g/mol. The number of benzene rings is 2. The molecular weight excluding hydrogens is 444 g/mol. The van der Waals surface area contributed by atoms with E-state index < -0.39 is 12.0 Å². The van der Waals surface area contributed by atoms with E-state index in [1.54, 1.807) is 19.1 Å². The lowest BCUT2D eigenvalue weighted by atomic mass is 9.99. The van der Waals surface area contributed by atoms with Gasteiger partial charge in [-0.15, -0.1) is 0 Å². The molecule has 0 radical (unpaired) electrons. The zero-order chi connectivity index (χ0) is 23.5. The number of nitrogens with one attached hydrogen (secondary N) is 1. The van der Waals surface area contributed by atoms with Crippen LogP contribution in [0.1, 0.15) is 38.3 Å². The summed E-state index contributed by atoms with van der Waals surface area (Å²) in [5.74, 6) is 0.632. The molecule has 1 aliphatic heterocycles. The van der Waals surface area contributed by atoms with Gasteiger partial charge >= 0.3 is 5.97 Å². The lowest BCUT2D eigenvalue weighted by Crippen LogP contribution is -2.33. The van der Waals surface area contributed by atoms with E-state index in [1.165, 1.54) is 5.56 Å². The average Bonchev–Trinajstić information content (AvgIpc) is 3.28. The largest absolute Gasteiger partial charge is 0.489 e. The number of rotatable bonds is 8. The molecule has 9 heteroatoms. The van der Waals surface area contributed by atoms with Gasteiger partial charge < -0.3 is 24.6 Å². The Bertz CT molecular complexity index is 1150. The van der Waals surface area contributed by atoms with Gasteiger partial charge in [-0.2, -0.15) is 4.98 Å². The van der Waals surface area contributed by atoms with E-state index >= 15 is 0 Å². The first-order valence-electron chi connectivity index (χ1n) is 11.0. The summed E-state index contributed by atoms with van der Waals surface area (Å²) in [4.78, 5) is 17.7. The Kier molecular flexibility index (Phi) is 6.85. The predicted octanol–water partition coefficient (Wildman–Crippen LogP) is 4.82. The first kappa shape index (κ1) is 23.1. The van der Waals surface area contributed by atoms with Crippen LogP contribution >= 0.6 is 11.6 Å². The Morgan fingerprint density at radius 2 is 2.09 bits per heavy atom. The van der Waals surface area contributed by atoms with Crippen molar-refractivity contribution in [1.82, 2.24) is 15.5 Å². The normalized spacial score (nSPS) is 14.3. The Morgan fingerprint density at radius 1 is 1.27 bits per heavy atom. The van der Waals surface area contributed by atoms with Crippen molar-refractivity contribution in [3.63, 3.8) is 0 Å². The first-order valence-corrected chi connectivity index (χ1v) is 11.4. The summed E-state index contributed by atoms with van der Waals surface area (Å²) in [7, 11) is 0. The number of nitrogens with zero attached hydrogens (tertiary/aromatic N) is 3. The number of carbonyl (C=O) groups is 1. The van der Waals surface area contributed by atoms with E-state index in [1.807, 2.05) is 36.9 Å². The predicted molar refractivity (Wildman–Crippen MR) is 126 cm³/mol. The molecule has 0 saturated carbocycles. The van der Waals surface area contributed by atoms with Crippen LogP contribution in [0.25, 0.3) is 11.5 Å². The molecule has 2 heterocycles. The third kappa shape index (κ3) is 5.29. The highest BCUT2D eigenvalue weighted by Gasteiger charge is 2.23. The lowest BCUT2D eigenvalue weighted by molar-refractivity contribution is -0.139. The van der Waals surface area contributed by atoms with Gasteiger partial charge in [0, 0.05) is 24.3 Å². The Hall–Kier alpha value is -3.10. The topological polar surface area (TPSA) is 101 Å². The summed E-state index contributed by atoms with van der Waals surface area (Å²) < 4.78 is 11.2. The van der Waals surface area contributed by atoms with Gasteiger partial charge in [-0.1, -0.05) is 23.7 Å². The Morgan fingerprint density at radius 3 is 2.82 bits per heavy atom. The van der Waals surface area contributed by atoms with Gasteiger partial charge in [-0.05, 0) is 74.2 Å². The van der Waals surface area contributed by atoms with Crippen LogP contribution in [0.4, 0.5) is 11.6 Å². The fourth-order valence-electron chi connectivity index (χ4n) is 3.75. The molecule has 3 aromatic rings. The van der Waals surface area contributed by atoms with Crippen molar-refractivity contribution in [2.24, 2.45) is 0 Å². The summed E-state index contributed by atoms with van der Waals surface area (Å²) in [6.07, 6.45) is 1.91. The molecule has 0 saturated heterocycles. The maximum Gasteiger partial charge on any atom is 0.320 e. The lowest BCUT2D eigenvalue weighted by Gasteiger charge is -2.28. The van der Waals surface area contributed by atoms with Crippen molar-refractivity contribution < 1.29 is 19.2 Å². The number of hydrogen-bond acceptors (Lipinski definition) is 7. The molecule has 0 amide bonds. The van der Waals surface area contributed by atoms with Gasteiger partial charge in [-0.25, -0.2) is 0 Å².